The molecular formula is C26H21N5O3. The van der Waals surface area contributed by atoms with Crippen LogP contribution in [0, 0.1) is 6.92 Å². The number of aromatic nitrogens is 4. The molecule has 4 aromatic rings. The number of anilines is 1. The minimum atomic E-state index is -0.423. The van der Waals surface area contributed by atoms with Crippen molar-refractivity contribution in [1.82, 2.24) is 20.2 Å². The van der Waals surface area contributed by atoms with Crippen LogP contribution < -0.4 is 10.1 Å². The second-order valence-corrected chi connectivity index (χ2v) is 8.32. The van der Waals surface area contributed by atoms with Gasteiger partial charge in [-0.3, -0.25) is 0 Å². The van der Waals surface area contributed by atoms with Crippen LogP contribution in [-0.4, -0.2) is 33.3 Å². The predicted octanol–water partition coefficient (Wildman–Crippen LogP) is 4.33. The van der Waals surface area contributed by atoms with Crippen molar-refractivity contribution < 1.29 is 14.3 Å². The summed E-state index contributed by atoms with van der Waals surface area (Å²) in [5, 5.41) is 15.9. The van der Waals surface area contributed by atoms with Gasteiger partial charge >= 0.3 is 5.97 Å². The molecule has 0 saturated heterocycles. The first-order valence-electron chi connectivity index (χ1n) is 10.9. The normalized spacial score (nSPS) is 18.2. The van der Waals surface area contributed by atoms with Crippen LogP contribution in [0.4, 0.5) is 5.95 Å². The molecule has 0 unspecified atom stereocenters. The molecule has 3 heterocycles. The second-order valence-electron chi connectivity index (χ2n) is 8.32. The van der Waals surface area contributed by atoms with E-state index in [2.05, 4.69) is 52.0 Å². The summed E-state index contributed by atoms with van der Waals surface area (Å²) in [6.07, 6.45) is -0.423. The number of hydrogen-bond donors (Lipinski definition) is 1. The number of esters is 1. The molecule has 6 rings (SSSR count). The molecule has 0 bridgehead atoms. The van der Waals surface area contributed by atoms with E-state index in [-0.39, 0.29) is 12.0 Å². The van der Waals surface area contributed by atoms with Gasteiger partial charge in [0.25, 0.3) is 0 Å². The lowest BCUT2D eigenvalue weighted by atomic mass is 9.84. The number of nitrogens with one attached hydrogen (secondary N) is 1. The molecule has 2 aliphatic rings. The van der Waals surface area contributed by atoms with Crippen molar-refractivity contribution >= 4 is 17.6 Å². The highest BCUT2D eigenvalue weighted by Gasteiger charge is 2.41. The maximum absolute atomic E-state index is 12.0. The Hall–Kier alpha value is -4.46. The van der Waals surface area contributed by atoms with Crippen LogP contribution in [-0.2, 0) is 4.74 Å². The summed E-state index contributed by atoms with van der Waals surface area (Å²) in [5.74, 6) is 0.955. The molecule has 3 aromatic carbocycles. The summed E-state index contributed by atoms with van der Waals surface area (Å²) in [4.78, 5) is 12.0. The van der Waals surface area contributed by atoms with Gasteiger partial charge in [-0.15, -0.1) is 0 Å². The third-order valence-corrected chi connectivity index (χ3v) is 6.27. The zero-order valence-corrected chi connectivity index (χ0v) is 18.6. The van der Waals surface area contributed by atoms with Gasteiger partial charge in [-0.25, -0.2) is 4.79 Å². The van der Waals surface area contributed by atoms with Crippen LogP contribution in [0.2, 0.25) is 0 Å². The Kier molecular flexibility index (Phi) is 4.65. The monoisotopic (exact) mass is 451 g/mol. The third kappa shape index (κ3) is 3.14. The van der Waals surface area contributed by atoms with Crippen molar-refractivity contribution in [1.29, 1.82) is 0 Å². The third-order valence-electron chi connectivity index (χ3n) is 6.27. The highest BCUT2D eigenvalue weighted by molar-refractivity contribution is 5.89. The molecule has 0 saturated carbocycles. The average Bonchev–Trinajstić information content (AvgIpc) is 3.35. The number of carbonyl (C=O) groups is 1. The van der Waals surface area contributed by atoms with Gasteiger partial charge in [-0.2, -0.15) is 4.68 Å². The SMILES string of the molecule is COC(=O)c1ccc([C@@H]2Oc3ccccc3C3=C2[C@@H](c2ccc(C)cc2)n2nnnc2N3)cc1. The lowest BCUT2D eigenvalue weighted by molar-refractivity contribution is 0.0600. The molecule has 0 aliphatic carbocycles. The number of methoxy groups -OCH3 is 1. The Morgan fingerprint density at radius 1 is 1.00 bits per heavy atom. The molecule has 1 N–H and O–H groups in total. The van der Waals surface area contributed by atoms with E-state index in [1.807, 2.05) is 36.4 Å². The fourth-order valence-electron chi connectivity index (χ4n) is 4.59. The van der Waals surface area contributed by atoms with Gasteiger partial charge in [0.1, 0.15) is 17.9 Å². The van der Waals surface area contributed by atoms with E-state index >= 15 is 0 Å². The molecule has 0 radical (unpaired) electrons. The van der Waals surface area contributed by atoms with Gasteiger partial charge in [0.05, 0.1) is 18.4 Å². The van der Waals surface area contributed by atoms with Crippen molar-refractivity contribution in [2.24, 2.45) is 0 Å². The summed E-state index contributed by atoms with van der Waals surface area (Å²) in [5.41, 5.74) is 6.48. The molecule has 2 aliphatic heterocycles. The summed E-state index contributed by atoms with van der Waals surface area (Å²) < 4.78 is 13.2. The zero-order chi connectivity index (χ0) is 23.2. The molecule has 168 valence electrons. The van der Waals surface area contributed by atoms with Crippen LogP contribution in [0.15, 0.2) is 78.4 Å². The lowest BCUT2D eigenvalue weighted by Crippen LogP contribution is -2.32. The Balaban J connectivity index is 1.56. The Morgan fingerprint density at radius 2 is 1.74 bits per heavy atom. The van der Waals surface area contributed by atoms with Crippen molar-refractivity contribution in [3.05, 3.63) is 106 Å². The van der Waals surface area contributed by atoms with Gasteiger partial charge in [0.2, 0.25) is 5.95 Å². The lowest BCUT2D eigenvalue weighted by Gasteiger charge is -2.38. The number of benzene rings is 3. The van der Waals surface area contributed by atoms with Crippen LogP contribution in [0.25, 0.3) is 5.70 Å². The summed E-state index contributed by atoms with van der Waals surface area (Å²) >= 11 is 0. The molecular weight excluding hydrogens is 430 g/mol. The highest BCUT2D eigenvalue weighted by Crippen LogP contribution is 2.50. The topological polar surface area (TPSA) is 91.2 Å². The van der Waals surface area contributed by atoms with Crippen molar-refractivity contribution in [3.63, 3.8) is 0 Å². The van der Waals surface area contributed by atoms with E-state index in [1.165, 1.54) is 12.7 Å². The van der Waals surface area contributed by atoms with Crippen LogP contribution in [0.3, 0.4) is 0 Å². The zero-order valence-electron chi connectivity index (χ0n) is 18.6. The quantitative estimate of drug-likeness (QED) is 0.464. The fraction of sp³-hybridized carbons (Fsp3) is 0.154. The molecule has 8 heteroatoms. The number of rotatable bonds is 3. The number of tetrazole rings is 1. The van der Waals surface area contributed by atoms with E-state index in [0.29, 0.717) is 11.5 Å². The molecule has 34 heavy (non-hydrogen) atoms. The Labute approximate surface area is 195 Å². The van der Waals surface area contributed by atoms with Gasteiger partial charge < -0.3 is 14.8 Å². The fourth-order valence-corrected chi connectivity index (χ4v) is 4.59. The van der Waals surface area contributed by atoms with Gasteiger partial charge in [-0.1, -0.05) is 59.2 Å². The second kappa shape index (κ2) is 7.84. The standard InChI is InChI=1S/C26H21N5O3/c1-15-7-9-16(10-8-15)23-21-22(27-26-28-29-30-31(23)26)19-5-3-4-6-20(19)34-24(21)17-11-13-18(14-12-17)25(32)33-2/h3-14,23-24H,1-2H3,(H,27,28,30)/t23-,24+/m1/s1. The van der Waals surface area contributed by atoms with Crippen LogP contribution >= 0.6 is 0 Å². The first kappa shape index (κ1) is 20.2. The maximum atomic E-state index is 12.0. The van der Waals surface area contributed by atoms with E-state index < -0.39 is 6.10 Å². The number of para-hydroxylation sites is 1. The molecule has 0 spiro atoms. The highest BCUT2D eigenvalue weighted by atomic mass is 16.5. The first-order valence-corrected chi connectivity index (χ1v) is 10.9. The Morgan fingerprint density at radius 3 is 2.50 bits per heavy atom. The number of ether oxygens (including phenoxy) is 2. The van der Waals surface area contributed by atoms with Gasteiger partial charge in [0, 0.05) is 11.1 Å². The number of fused-ring (bicyclic) bond motifs is 3. The van der Waals surface area contributed by atoms with Gasteiger partial charge in [0.15, 0.2) is 0 Å². The maximum Gasteiger partial charge on any atom is 0.337 e. The molecule has 0 fully saturated rings. The van der Waals surface area contributed by atoms with E-state index in [1.54, 1.807) is 16.8 Å². The number of hydrogen-bond acceptors (Lipinski definition) is 7. The number of nitrogens with zero attached hydrogens (tertiary/aromatic N) is 4. The first-order chi connectivity index (χ1) is 16.6. The summed E-state index contributed by atoms with van der Waals surface area (Å²) in [7, 11) is 1.37. The summed E-state index contributed by atoms with van der Waals surface area (Å²) in [6, 6.07) is 23.3. The van der Waals surface area contributed by atoms with Crippen molar-refractivity contribution in [3.8, 4) is 5.75 Å². The number of aryl methyl sites for hydroxylation is 1. The Bertz CT molecular complexity index is 1420. The van der Waals surface area contributed by atoms with E-state index in [4.69, 9.17) is 9.47 Å². The van der Waals surface area contributed by atoms with Gasteiger partial charge in [-0.05, 0) is 52.7 Å². The predicted molar refractivity (Wildman–Crippen MR) is 125 cm³/mol. The number of carbonyl (C=O) groups excluding carboxylic acids is 1. The molecule has 2 atom stereocenters. The van der Waals surface area contributed by atoms with E-state index in [9.17, 15) is 4.79 Å². The minimum absolute atomic E-state index is 0.277. The summed E-state index contributed by atoms with van der Waals surface area (Å²) in [6.45, 7) is 2.06. The average molecular weight is 451 g/mol. The molecule has 8 nitrogen and oxygen atoms in total. The smallest absolute Gasteiger partial charge is 0.337 e. The molecule has 1 aromatic heterocycles. The van der Waals surface area contributed by atoms with Crippen molar-refractivity contribution in [2.75, 3.05) is 12.4 Å². The molecule has 0 amide bonds. The van der Waals surface area contributed by atoms with Crippen LogP contribution in [0.5, 0.6) is 5.75 Å². The largest absolute Gasteiger partial charge is 0.480 e. The van der Waals surface area contributed by atoms with Crippen molar-refractivity contribution in [2.45, 2.75) is 19.1 Å². The van der Waals surface area contributed by atoms with Crippen LogP contribution in [0.1, 0.15) is 44.8 Å². The van der Waals surface area contributed by atoms with E-state index in [0.717, 1.165) is 33.7 Å². The minimum Gasteiger partial charge on any atom is -0.480 e.